The molecule has 0 spiro atoms. The summed E-state index contributed by atoms with van der Waals surface area (Å²) in [5, 5.41) is 6.09. The van der Waals surface area contributed by atoms with Gasteiger partial charge in [0.05, 0.1) is 6.42 Å². The van der Waals surface area contributed by atoms with E-state index in [9.17, 15) is 4.79 Å². The van der Waals surface area contributed by atoms with Crippen LogP contribution < -0.4 is 15.4 Å². The van der Waals surface area contributed by atoms with Crippen molar-refractivity contribution in [2.75, 3.05) is 18.4 Å². The number of hydrogen-bond donors (Lipinski definition) is 2. The Balaban J connectivity index is 1.76. The first-order chi connectivity index (χ1) is 7.81. The number of hydrogen-bond acceptors (Lipinski definition) is 3. The second kappa shape index (κ2) is 3.79. The fourth-order valence-electron chi connectivity index (χ4n) is 2.19. The van der Waals surface area contributed by atoms with E-state index in [0.29, 0.717) is 6.42 Å². The summed E-state index contributed by atoms with van der Waals surface area (Å²) in [6.07, 6.45) is 1.79. The molecule has 2 aliphatic heterocycles. The molecule has 2 heterocycles. The molecule has 0 aliphatic carbocycles. The van der Waals surface area contributed by atoms with Crippen LogP contribution >= 0.6 is 0 Å². The standard InChI is InChI=1S/C12H14N2O2/c15-12-5-8-1-2-9(6-11(8)14-12)16-10-3-4-13-7-10/h1-2,6,10,13H,3-5,7H2,(H,14,15). The number of anilines is 1. The van der Waals surface area contributed by atoms with Gasteiger partial charge in [-0.05, 0) is 24.6 Å². The van der Waals surface area contributed by atoms with Crippen molar-refractivity contribution in [2.45, 2.75) is 18.9 Å². The van der Waals surface area contributed by atoms with E-state index in [2.05, 4.69) is 10.6 Å². The fourth-order valence-corrected chi connectivity index (χ4v) is 2.19. The molecule has 1 fully saturated rings. The molecular weight excluding hydrogens is 204 g/mol. The predicted molar refractivity (Wildman–Crippen MR) is 60.7 cm³/mol. The van der Waals surface area contributed by atoms with Gasteiger partial charge in [0.25, 0.3) is 0 Å². The van der Waals surface area contributed by atoms with E-state index in [1.165, 1.54) is 0 Å². The molecule has 0 radical (unpaired) electrons. The molecule has 2 N–H and O–H groups in total. The van der Waals surface area contributed by atoms with E-state index in [1.54, 1.807) is 0 Å². The smallest absolute Gasteiger partial charge is 0.228 e. The van der Waals surface area contributed by atoms with Crippen molar-refractivity contribution in [2.24, 2.45) is 0 Å². The molecule has 1 saturated heterocycles. The van der Waals surface area contributed by atoms with Crippen LogP contribution in [-0.2, 0) is 11.2 Å². The number of carbonyl (C=O) groups is 1. The van der Waals surface area contributed by atoms with Gasteiger partial charge in [-0.2, -0.15) is 0 Å². The summed E-state index contributed by atoms with van der Waals surface area (Å²) < 4.78 is 5.82. The van der Waals surface area contributed by atoms with Crippen LogP contribution in [0.2, 0.25) is 0 Å². The molecule has 4 heteroatoms. The summed E-state index contributed by atoms with van der Waals surface area (Å²) in [7, 11) is 0. The minimum Gasteiger partial charge on any atom is -0.489 e. The molecule has 1 aromatic rings. The first-order valence-electron chi connectivity index (χ1n) is 5.61. The molecule has 4 nitrogen and oxygen atoms in total. The summed E-state index contributed by atoms with van der Waals surface area (Å²) in [4.78, 5) is 11.2. The van der Waals surface area contributed by atoms with Crippen LogP contribution in [0.15, 0.2) is 18.2 Å². The Morgan fingerprint density at radius 1 is 1.38 bits per heavy atom. The maximum atomic E-state index is 11.2. The van der Waals surface area contributed by atoms with Crippen molar-refractivity contribution in [3.8, 4) is 5.75 Å². The van der Waals surface area contributed by atoms with Crippen molar-refractivity contribution in [3.05, 3.63) is 23.8 Å². The average Bonchev–Trinajstić information content (AvgIpc) is 2.85. The maximum Gasteiger partial charge on any atom is 0.228 e. The minimum absolute atomic E-state index is 0.0645. The largest absolute Gasteiger partial charge is 0.489 e. The number of ether oxygens (including phenoxy) is 1. The summed E-state index contributed by atoms with van der Waals surface area (Å²) in [5.74, 6) is 0.907. The fraction of sp³-hybridized carbons (Fsp3) is 0.417. The normalized spacial score (nSPS) is 23.0. The summed E-state index contributed by atoms with van der Waals surface area (Å²) >= 11 is 0. The van der Waals surface area contributed by atoms with E-state index in [0.717, 1.165) is 36.5 Å². The highest BCUT2D eigenvalue weighted by Crippen LogP contribution is 2.28. The summed E-state index contributed by atoms with van der Waals surface area (Å²) in [6.45, 7) is 1.93. The lowest BCUT2D eigenvalue weighted by Gasteiger charge is -2.13. The monoisotopic (exact) mass is 218 g/mol. The molecule has 2 aliphatic rings. The molecule has 0 saturated carbocycles. The van der Waals surface area contributed by atoms with Crippen LogP contribution in [0.5, 0.6) is 5.75 Å². The Labute approximate surface area is 94.0 Å². The van der Waals surface area contributed by atoms with E-state index in [1.807, 2.05) is 18.2 Å². The Hall–Kier alpha value is -1.55. The second-order valence-electron chi connectivity index (χ2n) is 4.28. The maximum absolute atomic E-state index is 11.2. The molecule has 1 aromatic carbocycles. The van der Waals surface area contributed by atoms with Crippen LogP contribution in [0.4, 0.5) is 5.69 Å². The van der Waals surface area contributed by atoms with Gasteiger partial charge in [-0.3, -0.25) is 4.79 Å². The van der Waals surface area contributed by atoms with Crippen molar-refractivity contribution >= 4 is 11.6 Å². The third kappa shape index (κ3) is 1.76. The highest BCUT2D eigenvalue weighted by atomic mass is 16.5. The van der Waals surface area contributed by atoms with Gasteiger partial charge in [-0.1, -0.05) is 6.07 Å². The Kier molecular flexibility index (Phi) is 2.29. The zero-order valence-corrected chi connectivity index (χ0v) is 8.95. The first-order valence-corrected chi connectivity index (χ1v) is 5.61. The SMILES string of the molecule is O=C1Cc2ccc(OC3CCNC3)cc2N1. The topological polar surface area (TPSA) is 50.4 Å². The van der Waals surface area contributed by atoms with E-state index in [-0.39, 0.29) is 12.0 Å². The number of carbonyl (C=O) groups excluding carboxylic acids is 1. The Morgan fingerprint density at radius 3 is 3.12 bits per heavy atom. The van der Waals surface area contributed by atoms with Crippen molar-refractivity contribution in [1.29, 1.82) is 0 Å². The molecular formula is C12H14N2O2. The van der Waals surface area contributed by atoms with Crippen LogP contribution in [0, 0.1) is 0 Å². The van der Waals surface area contributed by atoms with Crippen LogP contribution in [-0.4, -0.2) is 25.1 Å². The van der Waals surface area contributed by atoms with Crippen LogP contribution in [0.3, 0.4) is 0 Å². The molecule has 1 atom stereocenters. The number of amides is 1. The lowest BCUT2D eigenvalue weighted by molar-refractivity contribution is -0.115. The number of nitrogens with one attached hydrogen (secondary N) is 2. The molecule has 1 unspecified atom stereocenters. The summed E-state index contributed by atoms with van der Waals surface area (Å²) in [6, 6.07) is 5.82. The highest BCUT2D eigenvalue weighted by Gasteiger charge is 2.20. The third-order valence-electron chi connectivity index (χ3n) is 3.02. The molecule has 16 heavy (non-hydrogen) atoms. The van der Waals surface area contributed by atoms with Gasteiger partial charge >= 0.3 is 0 Å². The lowest BCUT2D eigenvalue weighted by atomic mass is 10.1. The second-order valence-corrected chi connectivity index (χ2v) is 4.28. The van der Waals surface area contributed by atoms with Crippen LogP contribution in [0.1, 0.15) is 12.0 Å². The molecule has 0 aromatic heterocycles. The van der Waals surface area contributed by atoms with E-state index < -0.39 is 0 Å². The molecule has 0 bridgehead atoms. The summed E-state index contributed by atoms with van der Waals surface area (Å²) in [5.41, 5.74) is 1.95. The van der Waals surface area contributed by atoms with Gasteiger partial charge in [-0.25, -0.2) is 0 Å². The Morgan fingerprint density at radius 2 is 2.31 bits per heavy atom. The lowest BCUT2D eigenvalue weighted by Crippen LogP contribution is -2.19. The number of benzene rings is 1. The zero-order valence-electron chi connectivity index (χ0n) is 8.95. The van der Waals surface area contributed by atoms with Crippen molar-refractivity contribution in [1.82, 2.24) is 5.32 Å². The predicted octanol–water partition coefficient (Wildman–Crippen LogP) is 0.922. The zero-order chi connectivity index (χ0) is 11.0. The van der Waals surface area contributed by atoms with Gasteiger partial charge in [0.15, 0.2) is 0 Å². The van der Waals surface area contributed by atoms with Crippen LogP contribution in [0.25, 0.3) is 0 Å². The van der Waals surface area contributed by atoms with Crippen molar-refractivity contribution in [3.63, 3.8) is 0 Å². The molecule has 84 valence electrons. The van der Waals surface area contributed by atoms with Gasteiger partial charge in [0.1, 0.15) is 11.9 Å². The minimum atomic E-state index is 0.0645. The first kappa shape index (κ1) is 9.66. The molecule has 3 rings (SSSR count). The Bertz CT molecular complexity index is 425. The van der Waals surface area contributed by atoms with E-state index >= 15 is 0 Å². The van der Waals surface area contributed by atoms with E-state index in [4.69, 9.17) is 4.74 Å². The number of fused-ring (bicyclic) bond motifs is 1. The average molecular weight is 218 g/mol. The molecule has 1 amide bonds. The third-order valence-corrected chi connectivity index (χ3v) is 3.02. The van der Waals surface area contributed by atoms with Gasteiger partial charge in [0, 0.05) is 18.3 Å². The van der Waals surface area contributed by atoms with Gasteiger partial charge in [0.2, 0.25) is 5.91 Å². The number of rotatable bonds is 2. The highest BCUT2D eigenvalue weighted by molar-refractivity contribution is 5.99. The van der Waals surface area contributed by atoms with Gasteiger partial charge in [-0.15, -0.1) is 0 Å². The van der Waals surface area contributed by atoms with Crippen molar-refractivity contribution < 1.29 is 9.53 Å². The quantitative estimate of drug-likeness (QED) is 0.776. The van der Waals surface area contributed by atoms with Gasteiger partial charge < -0.3 is 15.4 Å².